The van der Waals surface area contributed by atoms with Crippen LogP contribution in [0.1, 0.15) is 66.2 Å². The van der Waals surface area contributed by atoms with E-state index in [1.807, 2.05) is 6.92 Å². The van der Waals surface area contributed by atoms with Gasteiger partial charge < -0.3 is 20.4 Å². The molecular weight excluding hydrogens is 304 g/mol. The van der Waals surface area contributed by atoms with Crippen molar-refractivity contribution in [2.45, 2.75) is 84.0 Å². The van der Waals surface area contributed by atoms with Gasteiger partial charge in [0.15, 0.2) is 0 Å². The summed E-state index contributed by atoms with van der Waals surface area (Å²) < 4.78 is 0. The van der Waals surface area contributed by atoms with Crippen LogP contribution in [0.5, 0.6) is 0 Å². The van der Waals surface area contributed by atoms with Crippen LogP contribution in [0.2, 0.25) is 0 Å². The van der Waals surface area contributed by atoms with Crippen molar-refractivity contribution in [3.05, 3.63) is 12.2 Å². The molecule has 0 unspecified atom stereocenters. The normalized spacial score (nSPS) is 43.1. The average molecular weight is 341 g/mol. The van der Waals surface area contributed by atoms with E-state index >= 15 is 0 Å². The van der Waals surface area contributed by atoms with Crippen LogP contribution in [0.25, 0.3) is 0 Å². The number of hydrogen-bond donors (Lipinski definition) is 4. The lowest BCUT2D eigenvalue weighted by Gasteiger charge is -2.62. The Kier molecular flexibility index (Phi) is 5.57. The van der Waals surface area contributed by atoms with Gasteiger partial charge in [0, 0.05) is 0 Å². The summed E-state index contributed by atoms with van der Waals surface area (Å²) >= 11 is 0. The summed E-state index contributed by atoms with van der Waals surface area (Å²) in [7, 11) is 0. The van der Waals surface area contributed by atoms with Gasteiger partial charge in [-0.1, -0.05) is 27.4 Å². The minimum Gasteiger partial charge on any atom is -0.393 e. The predicted octanol–water partition coefficient (Wildman–Crippen LogP) is 2.64. The SMILES string of the molecule is C=C(CC[C@H]1[C@]2(C)CC[C@H](O)C(C)(C)[C@@H]2CC[C@]1(C)O)[C@@H](O)CO. The molecule has 0 radical (unpaired) electrons. The van der Waals surface area contributed by atoms with Gasteiger partial charge in [0.05, 0.1) is 24.4 Å². The van der Waals surface area contributed by atoms with Gasteiger partial charge in [0.1, 0.15) is 0 Å². The zero-order chi connectivity index (χ0) is 18.3. The first-order valence-corrected chi connectivity index (χ1v) is 9.34. The molecule has 2 aliphatic carbocycles. The number of fused-ring (bicyclic) bond motifs is 1. The Balaban J connectivity index is 2.24. The first kappa shape index (κ1) is 19.9. The highest BCUT2D eigenvalue weighted by Crippen LogP contribution is 2.63. The van der Waals surface area contributed by atoms with E-state index in [-0.39, 0.29) is 29.5 Å². The fourth-order valence-corrected chi connectivity index (χ4v) is 5.78. The van der Waals surface area contributed by atoms with E-state index in [4.69, 9.17) is 5.11 Å². The molecule has 0 aromatic heterocycles. The third kappa shape index (κ3) is 3.31. The lowest BCUT2D eigenvalue weighted by molar-refractivity contribution is -0.195. The van der Waals surface area contributed by atoms with Crippen LogP contribution < -0.4 is 0 Å². The predicted molar refractivity (Wildman–Crippen MR) is 95.4 cm³/mol. The van der Waals surface area contributed by atoms with Gasteiger partial charge in [0.2, 0.25) is 0 Å². The van der Waals surface area contributed by atoms with Crippen molar-refractivity contribution in [1.82, 2.24) is 0 Å². The summed E-state index contributed by atoms with van der Waals surface area (Å²) in [6, 6.07) is 0. The van der Waals surface area contributed by atoms with Crippen molar-refractivity contribution >= 4 is 0 Å². The van der Waals surface area contributed by atoms with Crippen LogP contribution in [-0.2, 0) is 0 Å². The third-order valence-corrected chi connectivity index (χ3v) is 7.39. The molecule has 0 amide bonds. The molecule has 4 heteroatoms. The zero-order valence-electron chi connectivity index (χ0n) is 15.8. The summed E-state index contributed by atoms with van der Waals surface area (Å²) in [6.45, 7) is 12.1. The fraction of sp³-hybridized carbons (Fsp3) is 0.900. The summed E-state index contributed by atoms with van der Waals surface area (Å²) in [5.41, 5.74) is -0.291. The number of aliphatic hydroxyl groups excluding tert-OH is 3. The van der Waals surface area contributed by atoms with Crippen molar-refractivity contribution in [2.75, 3.05) is 6.61 Å². The van der Waals surface area contributed by atoms with Crippen molar-refractivity contribution in [3.8, 4) is 0 Å². The number of rotatable bonds is 5. The van der Waals surface area contributed by atoms with E-state index < -0.39 is 11.7 Å². The van der Waals surface area contributed by atoms with E-state index in [0.29, 0.717) is 17.9 Å². The van der Waals surface area contributed by atoms with Crippen molar-refractivity contribution in [3.63, 3.8) is 0 Å². The maximum absolute atomic E-state index is 11.1. The van der Waals surface area contributed by atoms with Crippen LogP contribution in [-0.4, -0.2) is 44.8 Å². The van der Waals surface area contributed by atoms with E-state index in [0.717, 1.165) is 32.1 Å². The molecule has 24 heavy (non-hydrogen) atoms. The van der Waals surface area contributed by atoms with Crippen LogP contribution >= 0.6 is 0 Å². The first-order valence-electron chi connectivity index (χ1n) is 9.34. The minimum atomic E-state index is -0.883. The molecule has 0 aromatic rings. The molecule has 0 bridgehead atoms. The standard InChI is InChI=1S/C20H36O4/c1-13(14(22)12-21)6-7-16-19(4)10-9-17(23)18(2,3)15(19)8-11-20(16,5)24/h14-17,21-24H,1,6-12H2,2-5H3/t14-,15-,16-,17-,19+,20-/m0/s1. The maximum atomic E-state index is 11.1. The second-order valence-corrected chi connectivity index (χ2v) is 9.28. The molecule has 4 nitrogen and oxygen atoms in total. The first-order chi connectivity index (χ1) is 11.0. The zero-order valence-corrected chi connectivity index (χ0v) is 15.8. The molecule has 2 saturated carbocycles. The van der Waals surface area contributed by atoms with E-state index in [1.54, 1.807) is 0 Å². The average Bonchev–Trinajstić information content (AvgIpc) is 2.49. The van der Waals surface area contributed by atoms with E-state index in [2.05, 4.69) is 27.4 Å². The Labute approximate surface area is 146 Å². The van der Waals surface area contributed by atoms with Gasteiger partial charge >= 0.3 is 0 Å². The van der Waals surface area contributed by atoms with Crippen molar-refractivity contribution in [2.24, 2.45) is 22.7 Å². The van der Waals surface area contributed by atoms with Gasteiger partial charge in [-0.15, -0.1) is 0 Å². The van der Waals surface area contributed by atoms with Crippen LogP contribution in [0.15, 0.2) is 12.2 Å². The van der Waals surface area contributed by atoms with Gasteiger partial charge in [-0.25, -0.2) is 0 Å². The van der Waals surface area contributed by atoms with Gasteiger partial charge in [-0.3, -0.25) is 0 Å². The second-order valence-electron chi connectivity index (χ2n) is 9.28. The van der Waals surface area contributed by atoms with Gasteiger partial charge in [0.25, 0.3) is 0 Å². The Morgan fingerprint density at radius 2 is 1.79 bits per heavy atom. The van der Waals surface area contributed by atoms with E-state index in [1.165, 1.54) is 0 Å². The Bertz CT molecular complexity index is 470. The summed E-state index contributed by atoms with van der Waals surface area (Å²) in [5.74, 6) is 0.466. The molecule has 2 fully saturated rings. The quantitative estimate of drug-likeness (QED) is 0.580. The Morgan fingerprint density at radius 3 is 2.38 bits per heavy atom. The highest BCUT2D eigenvalue weighted by atomic mass is 16.3. The molecule has 0 aliphatic heterocycles. The smallest absolute Gasteiger partial charge is 0.0978 e. The van der Waals surface area contributed by atoms with Crippen LogP contribution in [0.3, 0.4) is 0 Å². The minimum absolute atomic E-state index is 0.0328. The molecule has 6 atom stereocenters. The highest BCUT2D eigenvalue weighted by molar-refractivity contribution is 5.11. The lowest BCUT2D eigenvalue weighted by atomic mass is 9.44. The number of aliphatic hydroxyl groups is 4. The Morgan fingerprint density at radius 1 is 1.17 bits per heavy atom. The second kappa shape index (κ2) is 6.71. The van der Waals surface area contributed by atoms with Gasteiger partial charge in [-0.05, 0) is 73.7 Å². The van der Waals surface area contributed by atoms with Crippen molar-refractivity contribution < 1.29 is 20.4 Å². The molecule has 140 valence electrons. The maximum Gasteiger partial charge on any atom is 0.0978 e. The Hall–Kier alpha value is -0.420. The van der Waals surface area contributed by atoms with Crippen LogP contribution in [0, 0.1) is 22.7 Å². The molecule has 0 spiro atoms. The number of hydrogen-bond acceptors (Lipinski definition) is 4. The molecule has 0 saturated heterocycles. The largest absolute Gasteiger partial charge is 0.393 e. The van der Waals surface area contributed by atoms with Crippen LogP contribution in [0.4, 0.5) is 0 Å². The molecule has 0 heterocycles. The summed E-state index contributed by atoms with van der Waals surface area (Å²) in [6.07, 6.45) is 3.55. The summed E-state index contributed by atoms with van der Waals surface area (Å²) in [5, 5.41) is 40.4. The molecule has 2 aliphatic rings. The topological polar surface area (TPSA) is 80.9 Å². The third-order valence-electron chi connectivity index (χ3n) is 7.39. The molecule has 2 rings (SSSR count). The molecule has 4 N–H and O–H groups in total. The molecule has 0 aromatic carbocycles. The lowest BCUT2D eigenvalue weighted by Crippen LogP contribution is -2.60. The van der Waals surface area contributed by atoms with E-state index in [9.17, 15) is 15.3 Å². The molecular formula is C20H36O4. The van der Waals surface area contributed by atoms with Crippen molar-refractivity contribution in [1.29, 1.82) is 0 Å². The highest BCUT2D eigenvalue weighted by Gasteiger charge is 2.59. The fourth-order valence-electron chi connectivity index (χ4n) is 5.78. The van der Waals surface area contributed by atoms with Gasteiger partial charge in [-0.2, -0.15) is 0 Å². The summed E-state index contributed by atoms with van der Waals surface area (Å²) in [4.78, 5) is 0. The monoisotopic (exact) mass is 340 g/mol.